The lowest BCUT2D eigenvalue weighted by Crippen LogP contribution is -2.46. The number of carbonyl (C=O) groups is 1. The minimum atomic E-state index is -0.198. The van der Waals surface area contributed by atoms with Crippen LogP contribution < -0.4 is 5.73 Å². The maximum absolute atomic E-state index is 12.7. The summed E-state index contributed by atoms with van der Waals surface area (Å²) in [5, 5.41) is 0. The van der Waals surface area contributed by atoms with Crippen LogP contribution in [0.1, 0.15) is 77.0 Å². The van der Waals surface area contributed by atoms with Gasteiger partial charge in [-0.25, -0.2) is 0 Å². The van der Waals surface area contributed by atoms with Crippen LogP contribution in [0, 0.1) is 5.92 Å². The summed E-state index contributed by atoms with van der Waals surface area (Å²) in [6.45, 7) is 0.772. The SMILES string of the molecule is NC1(CC(=O)C2CCOC3(CCCC3)C2)CCCCC1. The molecular formula is C17H29NO2. The molecule has 0 bridgehead atoms. The van der Waals surface area contributed by atoms with Gasteiger partial charge in [0.15, 0.2) is 0 Å². The third-order valence-corrected chi connectivity index (χ3v) is 5.84. The summed E-state index contributed by atoms with van der Waals surface area (Å²) in [6.07, 6.45) is 13.1. The van der Waals surface area contributed by atoms with Gasteiger partial charge < -0.3 is 10.5 Å². The first-order valence-electron chi connectivity index (χ1n) is 8.57. The number of hydrogen-bond donors (Lipinski definition) is 1. The zero-order valence-corrected chi connectivity index (χ0v) is 12.7. The van der Waals surface area contributed by atoms with Gasteiger partial charge in [-0.15, -0.1) is 0 Å². The molecule has 3 nitrogen and oxygen atoms in total. The van der Waals surface area contributed by atoms with E-state index in [1.807, 2.05) is 0 Å². The summed E-state index contributed by atoms with van der Waals surface area (Å²) < 4.78 is 6.04. The molecule has 20 heavy (non-hydrogen) atoms. The van der Waals surface area contributed by atoms with Gasteiger partial charge in [0, 0.05) is 24.5 Å². The van der Waals surface area contributed by atoms with Crippen LogP contribution >= 0.6 is 0 Å². The molecule has 3 aliphatic rings. The van der Waals surface area contributed by atoms with Gasteiger partial charge in [-0.3, -0.25) is 4.79 Å². The van der Waals surface area contributed by atoms with Gasteiger partial charge in [0.1, 0.15) is 5.78 Å². The fourth-order valence-electron chi connectivity index (χ4n) is 4.59. The van der Waals surface area contributed by atoms with Gasteiger partial charge in [0.05, 0.1) is 5.60 Å². The van der Waals surface area contributed by atoms with Crippen molar-refractivity contribution >= 4 is 5.78 Å². The Labute approximate surface area is 122 Å². The molecule has 0 aromatic heterocycles. The highest BCUT2D eigenvalue weighted by Gasteiger charge is 2.43. The van der Waals surface area contributed by atoms with E-state index in [1.54, 1.807) is 0 Å². The standard InChI is InChI=1S/C17H29NO2/c18-16(7-2-1-3-8-16)13-15(19)14-6-11-20-17(12-14)9-4-5-10-17/h14H,1-13,18H2. The van der Waals surface area contributed by atoms with Crippen LogP contribution in [0.2, 0.25) is 0 Å². The van der Waals surface area contributed by atoms with Crippen molar-refractivity contribution in [1.29, 1.82) is 0 Å². The Bertz CT molecular complexity index is 354. The molecule has 0 radical (unpaired) electrons. The Morgan fingerprint density at radius 1 is 1.05 bits per heavy atom. The first-order valence-corrected chi connectivity index (χ1v) is 8.57. The normalized spacial score (nSPS) is 32.4. The lowest BCUT2D eigenvalue weighted by atomic mass is 9.74. The number of ketones is 1. The van der Waals surface area contributed by atoms with Crippen LogP contribution in [0.5, 0.6) is 0 Å². The predicted octanol–water partition coefficient (Wildman–Crippen LogP) is 3.35. The summed E-state index contributed by atoms with van der Waals surface area (Å²) in [7, 11) is 0. The maximum atomic E-state index is 12.7. The van der Waals surface area contributed by atoms with E-state index in [0.29, 0.717) is 12.2 Å². The van der Waals surface area contributed by atoms with Crippen molar-refractivity contribution in [2.45, 2.75) is 88.2 Å². The van der Waals surface area contributed by atoms with Crippen molar-refractivity contribution in [3.8, 4) is 0 Å². The Kier molecular flexibility index (Phi) is 4.19. The average Bonchev–Trinajstić information content (AvgIpc) is 2.87. The van der Waals surface area contributed by atoms with Crippen LogP contribution in [0.15, 0.2) is 0 Å². The molecule has 0 aromatic carbocycles. The molecule has 0 aromatic rings. The largest absolute Gasteiger partial charge is 0.375 e. The van der Waals surface area contributed by atoms with Crippen molar-refractivity contribution in [1.82, 2.24) is 0 Å². The third-order valence-electron chi connectivity index (χ3n) is 5.84. The maximum Gasteiger partial charge on any atom is 0.138 e. The highest BCUT2D eigenvalue weighted by Crippen LogP contribution is 2.43. The van der Waals surface area contributed by atoms with Crippen LogP contribution in [0.4, 0.5) is 0 Å². The molecule has 1 saturated heterocycles. The van der Waals surface area contributed by atoms with E-state index in [4.69, 9.17) is 10.5 Å². The van der Waals surface area contributed by atoms with Gasteiger partial charge in [-0.05, 0) is 38.5 Å². The molecule has 1 aliphatic heterocycles. The Morgan fingerprint density at radius 3 is 2.40 bits per heavy atom. The fourth-order valence-corrected chi connectivity index (χ4v) is 4.59. The smallest absolute Gasteiger partial charge is 0.138 e. The molecule has 1 unspecified atom stereocenters. The number of hydrogen-bond acceptors (Lipinski definition) is 3. The zero-order valence-electron chi connectivity index (χ0n) is 12.7. The highest BCUT2D eigenvalue weighted by atomic mass is 16.5. The van der Waals surface area contributed by atoms with Gasteiger partial charge in [-0.1, -0.05) is 32.1 Å². The fraction of sp³-hybridized carbons (Fsp3) is 0.941. The van der Waals surface area contributed by atoms with Crippen molar-refractivity contribution in [2.75, 3.05) is 6.61 Å². The van der Waals surface area contributed by atoms with E-state index in [-0.39, 0.29) is 17.1 Å². The summed E-state index contributed by atoms with van der Waals surface area (Å²) >= 11 is 0. The van der Waals surface area contributed by atoms with E-state index < -0.39 is 0 Å². The van der Waals surface area contributed by atoms with Crippen LogP contribution in [0.25, 0.3) is 0 Å². The number of Topliss-reactive ketones (excluding diaryl/α,β-unsaturated/α-hetero) is 1. The molecule has 2 aliphatic carbocycles. The van der Waals surface area contributed by atoms with Crippen molar-refractivity contribution < 1.29 is 9.53 Å². The van der Waals surface area contributed by atoms with Crippen LogP contribution in [-0.2, 0) is 9.53 Å². The second-order valence-corrected chi connectivity index (χ2v) is 7.49. The quantitative estimate of drug-likeness (QED) is 0.862. The zero-order chi connectivity index (χ0) is 14.1. The molecule has 3 rings (SSSR count). The Morgan fingerprint density at radius 2 is 1.70 bits per heavy atom. The molecule has 2 N–H and O–H groups in total. The molecule has 0 amide bonds. The van der Waals surface area contributed by atoms with E-state index in [1.165, 1.54) is 32.1 Å². The van der Waals surface area contributed by atoms with Crippen molar-refractivity contribution in [3.63, 3.8) is 0 Å². The molecule has 1 spiro atoms. The average molecular weight is 279 g/mol. The second-order valence-electron chi connectivity index (χ2n) is 7.49. The lowest BCUT2D eigenvalue weighted by Gasteiger charge is -2.39. The third kappa shape index (κ3) is 3.09. The topological polar surface area (TPSA) is 52.3 Å². The van der Waals surface area contributed by atoms with Gasteiger partial charge in [-0.2, -0.15) is 0 Å². The van der Waals surface area contributed by atoms with Gasteiger partial charge in [0.2, 0.25) is 0 Å². The minimum absolute atomic E-state index is 0.0485. The van der Waals surface area contributed by atoms with Crippen molar-refractivity contribution in [3.05, 3.63) is 0 Å². The second kappa shape index (κ2) is 5.76. The number of carbonyl (C=O) groups excluding carboxylic acids is 1. The van der Waals surface area contributed by atoms with Crippen LogP contribution in [-0.4, -0.2) is 23.5 Å². The first kappa shape index (κ1) is 14.5. The Balaban J connectivity index is 1.59. The number of rotatable bonds is 3. The lowest BCUT2D eigenvalue weighted by molar-refractivity contribution is -0.137. The Hall–Kier alpha value is -0.410. The minimum Gasteiger partial charge on any atom is -0.375 e. The predicted molar refractivity (Wildman–Crippen MR) is 79.5 cm³/mol. The summed E-state index contributed by atoms with van der Waals surface area (Å²) in [6, 6.07) is 0. The van der Waals surface area contributed by atoms with E-state index in [9.17, 15) is 4.79 Å². The van der Waals surface area contributed by atoms with E-state index in [0.717, 1.165) is 45.1 Å². The number of ether oxygens (including phenoxy) is 1. The van der Waals surface area contributed by atoms with E-state index in [2.05, 4.69) is 0 Å². The monoisotopic (exact) mass is 279 g/mol. The molecule has 114 valence electrons. The summed E-state index contributed by atoms with van der Waals surface area (Å²) in [5.41, 5.74) is 6.31. The molecular weight excluding hydrogens is 250 g/mol. The van der Waals surface area contributed by atoms with Gasteiger partial charge >= 0.3 is 0 Å². The van der Waals surface area contributed by atoms with Crippen molar-refractivity contribution in [2.24, 2.45) is 11.7 Å². The molecule has 2 saturated carbocycles. The van der Waals surface area contributed by atoms with Crippen LogP contribution in [0.3, 0.4) is 0 Å². The summed E-state index contributed by atoms with van der Waals surface area (Å²) in [4.78, 5) is 12.7. The molecule has 1 atom stereocenters. The van der Waals surface area contributed by atoms with E-state index >= 15 is 0 Å². The molecule has 3 fully saturated rings. The molecule has 1 heterocycles. The highest BCUT2D eigenvalue weighted by molar-refractivity contribution is 5.82. The summed E-state index contributed by atoms with van der Waals surface area (Å²) in [5.74, 6) is 0.633. The number of nitrogens with two attached hydrogens (primary N) is 1. The molecule has 3 heteroatoms. The van der Waals surface area contributed by atoms with Gasteiger partial charge in [0.25, 0.3) is 0 Å². The first-order chi connectivity index (χ1) is 9.61.